The average Bonchev–Trinajstić information content (AvgIpc) is 2.64. The van der Waals surface area contributed by atoms with Crippen molar-refractivity contribution in [2.45, 2.75) is 13.8 Å². The Kier molecular flexibility index (Phi) is 2.23. The van der Waals surface area contributed by atoms with Crippen molar-refractivity contribution in [3.05, 3.63) is 41.9 Å². The van der Waals surface area contributed by atoms with Crippen LogP contribution in [0.4, 0.5) is 0 Å². The summed E-state index contributed by atoms with van der Waals surface area (Å²) in [4.78, 5) is 3.65. The number of aromatic nitrogens is 1. The molecule has 0 amide bonds. The number of rotatable bonds is 2. The number of nitrogens with zero attached hydrogens (tertiary/aromatic N) is 1. The molecule has 0 aliphatic heterocycles. The molecule has 0 fully saturated rings. The van der Waals surface area contributed by atoms with Gasteiger partial charge >= 0.3 is 5.95 Å². The molecule has 0 atom stereocenters. The molecular formula is C11H10NO2. The maximum Gasteiger partial charge on any atom is 0.311 e. The van der Waals surface area contributed by atoms with Crippen molar-refractivity contribution in [2.75, 3.05) is 0 Å². The van der Waals surface area contributed by atoms with Crippen LogP contribution in [0.5, 0.6) is 11.7 Å². The molecule has 0 aliphatic carbocycles. The van der Waals surface area contributed by atoms with Crippen LogP contribution in [0.25, 0.3) is 0 Å². The van der Waals surface area contributed by atoms with Gasteiger partial charge in [-0.05, 0) is 31.0 Å². The Labute approximate surface area is 82.3 Å². The molecule has 0 aliphatic rings. The lowest BCUT2D eigenvalue weighted by atomic mass is 10.1. The predicted molar refractivity (Wildman–Crippen MR) is 51.3 cm³/mol. The third-order valence-corrected chi connectivity index (χ3v) is 1.92. The first-order valence-corrected chi connectivity index (χ1v) is 4.33. The fraction of sp³-hybridized carbons (Fsp3) is 0.182. The SMILES string of the molecule is Cc1ccc(C)c(Oc2cn[c]o2)c1. The normalized spacial score (nSPS) is 10.1. The summed E-state index contributed by atoms with van der Waals surface area (Å²) in [5.41, 5.74) is 2.21. The molecule has 0 N–H and O–H groups in total. The highest BCUT2D eigenvalue weighted by molar-refractivity contribution is 5.37. The molecule has 1 radical (unpaired) electrons. The first-order chi connectivity index (χ1) is 6.75. The van der Waals surface area contributed by atoms with Gasteiger partial charge in [0.05, 0.1) is 0 Å². The van der Waals surface area contributed by atoms with E-state index in [0.29, 0.717) is 5.95 Å². The largest absolute Gasteiger partial charge is 0.425 e. The smallest absolute Gasteiger partial charge is 0.311 e. The summed E-state index contributed by atoms with van der Waals surface area (Å²) < 4.78 is 10.3. The van der Waals surface area contributed by atoms with Crippen LogP contribution in [0.3, 0.4) is 0 Å². The monoisotopic (exact) mass is 188 g/mol. The second kappa shape index (κ2) is 3.54. The van der Waals surface area contributed by atoms with E-state index in [1.54, 1.807) is 0 Å². The molecule has 1 aromatic heterocycles. The van der Waals surface area contributed by atoms with E-state index in [-0.39, 0.29) is 0 Å². The van der Waals surface area contributed by atoms with Gasteiger partial charge in [0.1, 0.15) is 11.9 Å². The van der Waals surface area contributed by atoms with E-state index in [4.69, 9.17) is 9.15 Å². The summed E-state index contributed by atoms with van der Waals surface area (Å²) in [5, 5.41) is 0. The molecule has 3 heteroatoms. The summed E-state index contributed by atoms with van der Waals surface area (Å²) in [5.74, 6) is 1.15. The molecule has 0 saturated carbocycles. The van der Waals surface area contributed by atoms with Crippen LogP contribution in [-0.4, -0.2) is 4.98 Å². The van der Waals surface area contributed by atoms with Gasteiger partial charge in [-0.25, -0.2) is 4.98 Å². The van der Waals surface area contributed by atoms with E-state index < -0.39 is 0 Å². The van der Waals surface area contributed by atoms with Gasteiger partial charge in [-0.1, -0.05) is 12.1 Å². The number of benzene rings is 1. The maximum absolute atomic E-state index is 5.47. The van der Waals surface area contributed by atoms with Gasteiger partial charge in [0.2, 0.25) is 0 Å². The first kappa shape index (κ1) is 8.81. The van der Waals surface area contributed by atoms with Crippen LogP contribution in [0.15, 0.2) is 28.8 Å². The van der Waals surface area contributed by atoms with E-state index in [0.717, 1.165) is 16.9 Å². The molecule has 0 saturated heterocycles. The molecule has 3 nitrogen and oxygen atoms in total. The second-order valence-corrected chi connectivity index (χ2v) is 3.14. The Morgan fingerprint density at radius 2 is 2.21 bits per heavy atom. The topological polar surface area (TPSA) is 35.3 Å². The van der Waals surface area contributed by atoms with Crippen molar-refractivity contribution < 1.29 is 9.15 Å². The zero-order valence-electron chi connectivity index (χ0n) is 8.07. The highest BCUT2D eigenvalue weighted by Crippen LogP contribution is 2.25. The first-order valence-electron chi connectivity index (χ1n) is 4.33. The Morgan fingerprint density at radius 3 is 2.93 bits per heavy atom. The highest BCUT2D eigenvalue weighted by atomic mass is 16.6. The van der Waals surface area contributed by atoms with Crippen LogP contribution in [0.2, 0.25) is 0 Å². The third-order valence-electron chi connectivity index (χ3n) is 1.92. The van der Waals surface area contributed by atoms with Crippen LogP contribution < -0.4 is 4.74 Å². The second-order valence-electron chi connectivity index (χ2n) is 3.14. The number of ether oxygens (including phenoxy) is 1. The highest BCUT2D eigenvalue weighted by Gasteiger charge is 2.03. The van der Waals surface area contributed by atoms with Gasteiger partial charge in [-0.15, -0.1) is 0 Å². The molecule has 1 aromatic carbocycles. The minimum absolute atomic E-state index is 0.360. The predicted octanol–water partition coefficient (Wildman–Crippen LogP) is 2.88. The molecular weight excluding hydrogens is 178 g/mol. The van der Waals surface area contributed by atoms with Crippen molar-refractivity contribution >= 4 is 0 Å². The van der Waals surface area contributed by atoms with Gasteiger partial charge in [-0.3, -0.25) is 0 Å². The lowest BCUT2D eigenvalue weighted by Crippen LogP contribution is -1.86. The zero-order chi connectivity index (χ0) is 9.97. The van der Waals surface area contributed by atoms with E-state index >= 15 is 0 Å². The lowest BCUT2D eigenvalue weighted by Gasteiger charge is -2.05. The Morgan fingerprint density at radius 1 is 1.36 bits per heavy atom. The van der Waals surface area contributed by atoms with Gasteiger partial charge in [0.15, 0.2) is 0 Å². The molecule has 1 heterocycles. The molecule has 71 valence electrons. The van der Waals surface area contributed by atoms with Crippen LogP contribution in [-0.2, 0) is 0 Å². The van der Waals surface area contributed by atoms with Crippen molar-refractivity contribution in [1.29, 1.82) is 0 Å². The van der Waals surface area contributed by atoms with Gasteiger partial charge < -0.3 is 9.15 Å². The summed E-state index contributed by atoms with van der Waals surface area (Å²) >= 11 is 0. The molecule has 14 heavy (non-hydrogen) atoms. The number of hydrogen-bond donors (Lipinski definition) is 0. The number of oxazole rings is 1. The summed E-state index contributed by atoms with van der Waals surface area (Å²) in [6.07, 6.45) is 3.82. The fourth-order valence-corrected chi connectivity index (χ4v) is 1.15. The number of aryl methyl sites for hydroxylation is 2. The molecule has 0 spiro atoms. The summed E-state index contributed by atoms with van der Waals surface area (Å²) in [7, 11) is 0. The molecule has 0 unspecified atom stereocenters. The fourth-order valence-electron chi connectivity index (χ4n) is 1.15. The van der Waals surface area contributed by atoms with Crippen molar-refractivity contribution in [3.63, 3.8) is 0 Å². The number of hydrogen-bond acceptors (Lipinski definition) is 3. The van der Waals surface area contributed by atoms with Crippen molar-refractivity contribution in [3.8, 4) is 11.7 Å². The zero-order valence-corrected chi connectivity index (χ0v) is 8.07. The summed E-state index contributed by atoms with van der Waals surface area (Å²) in [6.45, 7) is 3.99. The Bertz CT molecular complexity index is 421. The Balaban J connectivity index is 2.28. The van der Waals surface area contributed by atoms with Crippen molar-refractivity contribution in [1.82, 2.24) is 4.98 Å². The minimum Gasteiger partial charge on any atom is -0.425 e. The standard InChI is InChI=1S/C11H10NO2/c1-8-3-4-9(2)10(5-8)14-11-6-12-7-13-11/h3-6H,1-2H3. The van der Waals surface area contributed by atoms with Crippen molar-refractivity contribution in [2.24, 2.45) is 0 Å². The van der Waals surface area contributed by atoms with Gasteiger partial charge in [0.25, 0.3) is 6.39 Å². The third kappa shape index (κ3) is 1.76. The van der Waals surface area contributed by atoms with E-state index in [9.17, 15) is 0 Å². The molecule has 2 aromatic rings. The van der Waals surface area contributed by atoms with Gasteiger partial charge in [0, 0.05) is 0 Å². The van der Waals surface area contributed by atoms with E-state index in [2.05, 4.69) is 11.4 Å². The van der Waals surface area contributed by atoms with Gasteiger partial charge in [-0.2, -0.15) is 0 Å². The van der Waals surface area contributed by atoms with E-state index in [1.807, 2.05) is 32.0 Å². The minimum atomic E-state index is 0.360. The lowest BCUT2D eigenvalue weighted by molar-refractivity contribution is 0.341. The molecule has 0 bridgehead atoms. The van der Waals surface area contributed by atoms with Crippen LogP contribution in [0, 0.1) is 20.2 Å². The maximum atomic E-state index is 5.47. The van der Waals surface area contributed by atoms with E-state index in [1.165, 1.54) is 6.20 Å². The average molecular weight is 188 g/mol. The van der Waals surface area contributed by atoms with Crippen LogP contribution in [0.1, 0.15) is 11.1 Å². The quantitative estimate of drug-likeness (QED) is 0.726. The van der Waals surface area contributed by atoms with Crippen LogP contribution >= 0.6 is 0 Å². The molecule has 2 rings (SSSR count). The summed E-state index contributed by atoms with van der Waals surface area (Å²) in [6, 6.07) is 6.00. The Hall–Kier alpha value is -1.77.